The Hall–Kier alpha value is -1.08. The number of benzene rings is 2. The molecule has 0 aliphatic heterocycles. The molecule has 106 valence electrons. The largest absolute Gasteiger partial charge is 0.380 e. The Bertz CT molecular complexity index is 735. The average molecular weight is 376 g/mol. The minimum Gasteiger partial charge on any atom is -0.380 e. The lowest BCUT2D eigenvalue weighted by Gasteiger charge is -2.10. The van der Waals surface area contributed by atoms with Gasteiger partial charge in [0.1, 0.15) is 0 Å². The van der Waals surface area contributed by atoms with Crippen LogP contribution in [0.3, 0.4) is 0 Å². The zero-order valence-electron chi connectivity index (χ0n) is 10.3. The SMILES string of the molecule is NS(=O)(=O)c1ccc(Cl)c(NCc2cccc(Br)c2)c1. The molecule has 0 heterocycles. The standard InChI is InChI=1S/C13H12BrClN2O2S/c14-10-3-1-2-9(6-10)8-17-13-7-11(20(16,18)19)4-5-12(13)15/h1-7,17H,8H2,(H2,16,18,19). The summed E-state index contributed by atoms with van der Waals surface area (Å²) in [6.07, 6.45) is 0. The predicted octanol–water partition coefficient (Wildman–Crippen LogP) is 3.36. The Morgan fingerprint density at radius 3 is 2.60 bits per heavy atom. The molecule has 0 amide bonds. The number of rotatable bonds is 4. The Balaban J connectivity index is 2.21. The second-order valence-electron chi connectivity index (χ2n) is 4.17. The number of anilines is 1. The Morgan fingerprint density at radius 1 is 1.20 bits per heavy atom. The molecule has 2 aromatic carbocycles. The summed E-state index contributed by atoms with van der Waals surface area (Å²) in [4.78, 5) is 0.0265. The van der Waals surface area contributed by atoms with Crippen molar-refractivity contribution in [2.45, 2.75) is 11.4 Å². The Labute approximate surface area is 131 Å². The maximum atomic E-state index is 11.3. The monoisotopic (exact) mass is 374 g/mol. The van der Waals surface area contributed by atoms with Crippen LogP contribution in [0.5, 0.6) is 0 Å². The van der Waals surface area contributed by atoms with Crippen LogP contribution in [0.25, 0.3) is 0 Å². The van der Waals surface area contributed by atoms with Gasteiger partial charge in [-0.1, -0.05) is 39.7 Å². The Morgan fingerprint density at radius 2 is 1.95 bits per heavy atom. The van der Waals surface area contributed by atoms with Crippen LogP contribution < -0.4 is 10.5 Å². The second-order valence-corrected chi connectivity index (χ2v) is 7.05. The van der Waals surface area contributed by atoms with Crippen LogP contribution in [0.15, 0.2) is 51.8 Å². The first kappa shape index (κ1) is 15.3. The van der Waals surface area contributed by atoms with Gasteiger partial charge in [0.25, 0.3) is 0 Å². The molecule has 0 saturated heterocycles. The van der Waals surface area contributed by atoms with E-state index in [1.54, 1.807) is 0 Å². The van der Waals surface area contributed by atoms with Crippen molar-refractivity contribution in [2.75, 3.05) is 5.32 Å². The summed E-state index contributed by atoms with van der Waals surface area (Å²) in [7, 11) is -3.74. The number of hydrogen-bond donors (Lipinski definition) is 2. The van der Waals surface area contributed by atoms with Gasteiger partial charge >= 0.3 is 0 Å². The fraction of sp³-hybridized carbons (Fsp3) is 0.0769. The van der Waals surface area contributed by atoms with Crippen molar-refractivity contribution in [1.82, 2.24) is 0 Å². The van der Waals surface area contributed by atoms with E-state index in [0.717, 1.165) is 10.0 Å². The van der Waals surface area contributed by atoms with Gasteiger partial charge in [0, 0.05) is 11.0 Å². The molecule has 0 unspecified atom stereocenters. The van der Waals surface area contributed by atoms with E-state index in [-0.39, 0.29) is 4.90 Å². The van der Waals surface area contributed by atoms with Gasteiger partial charge in [-0.3, -0.25) is 0 Å². The third-order valence-corrected chi connectivity index (χ3v) is 4.37. The van der Waals surface area contributed by atoms with Gasteiger partial charge in [0.2, 0.25) is 10.0 Å². The molecule has 0 aliphatic rings. The Kier molecular flexibility index (Phi) is 4.70. The molecule has 0 atom stereocenters. The molecule has 0 fully saturated rings. The van der Waals surface area contributed by atoms with E-state index in [1.165, 1.54) is 18.2 Å². The molecule has 2 aromatic rings. The summed E-state index contributed by atoms with van der Waals surface area (Å²) >= 11 is 9.43. The number of hydrogen-bond acceptors (Lipinski definition) is 3. The molecule has 3 N–H and O–H groups in total. The van der Waals surface area contributed by atoms with Gasteiger partial charge in [-0.05, 0) is 35.9 Å². The number of sulfonamides is 1. The molecular formula is C13H12BrClN2O2S. The maximum Gasteiger partial charge on any atom is 0.238 e. The van der Waals surface area contributed by atoms with Crippen molar-refractivity contribution in [3.8, 4) is 0 Å². The van der Waals surface area contributed by atoms with E-state index in [9.17, 15) is 8.42 Å². The van der Waals surface area contributed by atoms with Gasteiger partial charge < -0.3 is 5.32 Å². The summed E-state index contributed by atoms with van der Waals surface area (Å²) in [5, 5.41) is 8.63. The number of nitrogens with one attached hydrogen (secondary N) is 1. The van der Waals surface area contributed by atoms with Gasteiger partial charge in [0.15, 0.2) is 0 Å². The van der Waals surface area contributed by atoms with Crippen LogP contribution in [0, 0.1) is 0 Å². The first-order chi connectivity index (χ1) is 9.36. The van der Waals surface area contributed by atoms with E-state index >= 15 is 0 Å². The molecule has 20 heavy (non-hydrogen) atoms. The smallest absolute Gasteiger partial charge is 0.238 e. The molecule has 4 nitrogen and oxygen atoms in total. The van der Waals surface area contributed by atoms with E-state index < -0.39 is 10.0 Å². The average Bonchev–Trinajstić information content (AvgIpc) is 2.36. The van der Waals surface area contributed by atoms with Gasteiger partial charge in [-0.15, -0.1) is 0 Å². The molecule has 2 rings (SSSR count). The highest BCUT2D eigenvalue weighted by atomic mass is 79.9. The molecule has 0 aromatic heterocycles. The number of nitrogens with two attached hydrogens (primary N) is 1. The highest BCUT2D eigenvalue weighted by molar-refractivity contribution is 9.10. The van der Waals surface area contributed by atoms with E-state index in [1.807, 2.05) is 24.3 Å². The van der Waals surface area contributed by atoms with Crippen molar-refractivity contribution < 1.29 is 8.42 Å². The molecule has 0 radical (unpaired) electrons. The van der Waals surface area contributed by atoms with Gasteiger partial charge in [0.05, 0.1) is 15.6 Å². The maximum absolute atomic E-state index is 11.3. The van der Waals surface area contributed by atoms with Crippen LogP contribution in [0.1, 0.15) is 5.56 Å². The van der Waals surface area contributed by atoms with Crippen LogP contribution in [-0.4, -0.2) is 8.42 Å². The third kappa shape index (κ3) is 3.96. The summed E-state index contributed by atoms with van der Waals surface area (Å²) in [5.41, 5.74) is 1.56. The number of halogens is 2. The van der Waals surface area contributed by atoms with Crippen molar-refractivity contribution in [1.29, 1.82) is 0 Å². The van der Waals surface area contributed by atoms with Crippen LogP contribution in [0.2, 0.25) is 5.02 Å². The van der Waals surface area contributed by atoms with E-state index in [0.29, 0.717) is 17.3 Å². The first-order valence-electron chi connectivity index (χ1n) is 5.67. The number of primary sulfonamides is 1. The second kappa shape index (κ2) is 6.13. The normalized spacial score (nSPS) is 11.3. The van der Waals surface area contributed by atoms with Crippen LogP contribution in [-0.2, 0) is 16.6 Å². The van der Waals surface area contributed by atoms with Crippen molar-refractivity contribution in [3.05, 3.63) is 57.5 Å². The van der Waals surface area contributed by atoms with Gasteiger partial charge in [-0.25, -0.2) is 13.6 Å². The molecule has 0 bridgehead atoms. The lowest BCUT2D eigenvalue weighted by atomic mass is 10.2. The van der Waals surface area contributed by atoms with Crippen molar-refractivity contribution in [3.63, 3.8) is 0 Å². The third-order valence-electron chi connectivity index (χ3n) is 2.64. The molecule has 0 aliphatic carbocycles. The molecule has 0 saturated carbocycles. The van der Waals surface area contributed by atoms with Crippen LogP contribution >= 0.6 is 27.5 Å². The quantitative estimate of drug-likeness (QED) is 0.860. The lowest BCUT2D eigenvalue weighted by molar-refractivity contribution is 0.598. The van der Waals surface area contributed by atoms with Crippen LogP contribution in [0.4, 0.5) is 5.69 Å². The summed E-state index contributed by atoms with van der Waals surface area (Å²) in [6, 6.07) is 12.1. The molecule has 7 heteroatoms. The highest BCUT2D eigenvalue weighted by Gasteiger charge is 2.10. The predicted molar refractivity (Wildman–Crippen MR) is 84.3 cm³/mol. The highest BCUT2D eigenvalue weighted by Crippen LogP contribution is 2.25. The van der Waals surface area contributed by atoms with Gasteiger partial charge in [-0.2, -0.15) is 0 Å². The first-order valence-corrected chi connectivity index (χ1v) is 8.38. The zero-order chi connectivity index (χ0) is 14.8. The summed E-state index contributed by atoms with van der Waals surface area (Å²) in [5.74, 6) is 0. The topological polar surface area (TPSA) is 72.2 Å². The van der Waals surface area contributed by atoms with E-state index in [2.05, 4.69) is 21.2 Å². The molecular weight excluding hydrogens is 364 g/mol. The summed E-state index contributed by atoms with van der Waals surface area (Å²) < 4.78 is 23.6. The fourth-order valence-electron chi connectivity index (χ4n) is 1.66. The summed E-state index contributed by atoms with van der Waals surface area (Å²) in [6.45, 7) is 0.521. The van der Waals surface area contributed by atoms with E-state index in [4.69, 9.17) is 16.7 Å². The minimum absolute atomic E-state index is 0.0265. The molecule has 0 spiro atoms. The fourth-order valence-corrected chi connectivity index (χ4v) is 2.83. The zero-order valence-corrected chi connectivity index (χ0v) is 13.5. The minimum atomic E-state index is -3.74. The lowest BCUT2D eigenvalue weighted by Crippen LogP contribution is -2.12. The van der Waals surface area contributed by atoms with Crippen molar-refractivity contribution >= 4 is 43.2 Å². The van der Waals surface area contributed by atoms with Crippen molar-refractivity contribution in [2.24, 2.45) is 5.14 Å².